The Morgan fingerprint density at radius 3 is 1.78 bits per heavy atom. The molecular formula is C26H27Cl3N6O4S2. The molecule has 0 unspecified atom stereocenters. The zero-order valence-corrected chi connectivity index (χ0v) is 26.2. The van der Waals surface area contributed by atoms with Crippen LogP contribution < -0.4 is 11.1 Å². The maximum atomic E-state index is 12.1. The third-order valence-electron chi connectivity index (χ3n) is 6.87. The van der Waals surface area contributed by atoms with Crippen molar-refractivity contribution in [3.63, 3.8) is 0 Å². The molecule has 0 saturated carbocycles. The number of hydrogen-bond acceptors (Lipinski definition) is 10. The van der Waals surface area contributed by atoms with Gasteiger partial charge in [-0.2, -0.15) is 0 Å². The molecular weight excluding hydrogens is 631 g/mol. The fraction of sp³-hybridized carbons (Fsp3) is 0.462. The van der Waals surface area contributed by atoms with Gasteiger partial charge in [-0.3, -0.25) is 9.59 Å². The highest BCUT2D eigenvalue weighted by Crippen LogP contribution is 2.34. The molecule has 0 radical (unpaired) electrons. The molecule has 2 saturated heterocycles. The van der Waals surface area contributed by atoms with Crippen molar-refractivity contribution in [2.75, 3.05) is 26.4 Å². The smallest absolute Gasteiger partial charge is 0.270 e. The van der Waals surface area contributed by atoms with E-state index in [0.717, 1.165) is 65.7 Å². The van der Waals surface area contributed by atoms with Crippen LogP contribution in [-0.2, 0) is 9.47 Å². The van der Waals surface area contributed by atoms with E-state index in [0.29, 0.717) is 39.5 Å². The van der Waals surface area contributed by atoms with E-state index in [4.69, 9.17) is 44.3 Å². The Balaban J connectivity index is 0.000000165. The molecule has 2 aliphatic rings. The number of thiazole rings is 2. The summed E-state index contributed by atoms with van der Waals surface area (Å²) in [7, 11) is 0. The van der Waals surface area contributed by atoms with E-state index in [2.05, 4.69) is 29.9 Å². The first-order chi connectivity index (χ1) is 19.7. The minimum Gasteiger partial charge on any atom is -0.381 e. The molecule has 2 N–H and O–H groups in total. The number of aromatic amines is 2. The lowest BCUT2D eigenvalue weighted by atomic mass is 9.96. The molecule has 0 amide bonds. The molecule has 4 aromatic heterocycles. The fourth-order valence-electron chi connectivity index (χ4n) is 4.78. The predicted molar refractivity (Wildman–Crippen MR) is 162 cm³/mol. The van der Waals surface area contributed by atoms with Gasteiger partial charge in [0.1, 0.15) is 5.02 Å². The third kappa shape index (κ3) is 7.24. The number of H-pyrrole nitrogens is 2. The average molecular weight is 658 g/mol. The van der Waals surface area contributed by atoms with Crippen LogP contribution in [0.4, 0.5) is 0 Å². The Morgan fingerprint density at radius 2 is 1.27 bits per heavy atom. The second-order valence-electron chi connectivity index (χ2n) is 9.67. The molecule has 0 aliphatic carbocycles. The molecule has 0 aromatic carbocycles. The summed E-state index contributed by atoms with van der Waals surface area (Å²) in [4.78, 5) is 48.5. The summed E-state index contributed by atoms with van der Waals surface area (Å²) in [6.07, 6.45) is 3.44. The average Bonchev–Trinajstić information content (AvgIpc) is 3.49. The van der Waals surface area contributed by atoms with Gasteiger partial charge < -0.3 is 19.4 Å². The van der Waals surface area contributed by atoms with Crippen molar-refractivity contribution in [2.24, 2.45) is 0 Å². The number of nitrogens with zero attached hydrogens (tertiary/aromatic N) is 4. The monoisotopic (exact) mass is 656 g/mol. The van der Waals surface area contributed by atoms with Gasteiger partial charge in [-0.15, -0.1) is 0 Å². The van der Waals surface area contributed by atoms with Gasteiger partial charge in [0, 0.05) is 44.3 Å². The molecule has 0 spiro atoms. The first-order valence-electron chi connectivity index (χ1n) is 13.0. The number of aromatic nitrogens is 6. The maximum Gasteiger partial charge on any atom is 0.270 e. The zero-order valence-electron chi connectivity index (χ0n) is 22.3. The molecule has 10 nitrogen and oxygen atoms in total. The van der Waals surface area contributed by atoms with Gasteiger partial charge in [-0.05, 0) is 39.5 Å². The minimum atomic E-state index is -0.327. The van der Waals surface area contributed by atoms with Crippen LogP contribution in [0.3, 0.4) is 0 Å². The quantitative estimate of drug-likeness (QED) is 0.267. The first kappa shape index (κ1) is 30.3. The van der Waals surface area contributed by atoms with E-state index in [1.807, 2.05) is 13.8 Å². The van der Waals surface area contributed by atoms with Crippen molar-refractivity contribution in [1.29, 1.82) is 0 Å². The molecule has 41 heavy (non-hydrogen) atoms. The van der Waals surface area contributed by atoms with Gasteiger partial charge in [0.05, 0.1) is 32.5 Å². The van der Waals surface area contributed by atoms with Crippen molar-refractivity contribution in [1.82, 2.24) is 29.9 Å². The van der Waals surface area contributed by atoms with E-state index in [1.54, 1.807) is 6.07 Å². The summed E-state index contributed by atoms with van der Waals surface area (Å²) < 4.78 is 11.6. The van der Waals surface area contributed by atoms with Crippen molar-refractivity contribution < 1.29 is 9.47 Å². The Kier molecular flexibility index (Phi) is 9.90. The zero-order chi connectivity index (χ0) is 29.1. The van der Waals surface area contributed by atoms with Gasteiger partial charge in [0.15, 0.2) is 20.6 Å². The lowest BCUT2D eigenvalue weighted by molar-refractivity contribution is 0.0844. The molecule has 2 aliphatic heterocycles. The van der Waals surface area contributed by atoms with Gasteiger partial charge in [-0.1, -0.05) is 57.5 Å². The van der Waals surface area contributed by atoms with E-state index < -0.39 is 0 Å². The highest BCUT2D eigenvalue weighted by atomic mass is 35.5. The van der Waals surface area contributed by atoms with E-state index in [1.165, 1.54) is 22.7 Å². The summed E-state index contributed by atoms with van der Waals surface area (Å²) in [6, 6.07) is 1.58. The van der Waals surface area contributed by atoms with Crippen LogP contribution in [0.15, 0.2) is 15.7 Å². The standard InChI is InChI=1S/C13H13Cl2N3O2S.C13H14ClN3O2S/c1-6-10(21-13(15)16-6)11-17-9(8(14)12(19)18-11)7-2-4-20-5-3-7;1-7-11(20-13(14)15-7)12-16-9(6-10(18)17-12)8-2-4-19-5-3-8/h7H,2-5H2,1H3,(H,17,18,19);6,8H,2-5H2,1H3,(H,16,17,18). The molecule has 6 heterocycles. The second kappa shape index (κ2) is 13.4. The molecule has 0 atom stereocenters. The predicted octanol–water partition coefficient (Wildman–Crippen LogP) is 6.15. The normalized spacial score (nSPS) is 16.4. The Labute approximate surface area is 258 Å². The number of aryl methyl sites for hydroxylation is 2. The van der Waals surface area contributed by atoms with Crippen LogP contribution in [0.5, 0.6) is 0 Å². The number of hydrogen-bond donors (Lipinski definition) is 2. The SMILES string of the molecule is Cc1nc(Cl)sc1-c1nc(C2CCOCC2)c(Cl)c(=O)[nH]1.Cc1nc(Cl)sc1-c1nc(C2CCOCC2)cc(=O)[nH]1. The number of ether oxygens (including phenoxy) is 2. The van der Waals surface area contributed by atoms with Crippen molar-refractivity contribution in [3.05, 3.63) is 63.5 Å². The van der Waals surface area contributed by atoms with Crippen LogP contribution in [0.25, 0.3) is 21.4 Å². The van der Waals surface area contributed by atoms with E-state index >= 15 is 0 Å². The molecule has 2 fully saturated rings. The first-order valence-corrected chi connectivity index (χ1v) is 15.8. The Bertz CT molecular complexity index is 1640. The van der Waals surface area contributed by atoms with Gasteiger partial charge >= 0.3 is 0 Å². The summed E-state index contributed by atoms with van der Waals surface area (Å²) in [5, 5.41) is 0.166. The van der Waals surface area contributed by atoms with Crippen LogP contribution in [0, 0.1) is 13.8 Å². The molecule has 15 heteroatoms. The molecule has 6 rings (SSSR count). The van der Waals surface area contributed by atoms with Gasteiger partial charge in [0.25, 0.3) is 11.1 Å². The number of rotatable bonds is 4. The Hall–Kier alpha value is -2.19. The fourth-order valence-corrected chi connectivity index (χ4v) is 7.21. The highest BCUT2D eigenvalue weighted by Gasteiger charge is 2.24. The summed E-state index contributed by atoms with van der Waals surface area (Å²) in [5.74, 6) is 1.47. The number of halogens is 3. The lowest BCUT2D eigenvalue weighted by Crippen LogP contribution is -2.20. The van der Waals surface area contributed by atoms with E-state index in [9.17, 15) is 9.59 Å². The summed E-state index contributed by atoms with van der Waals surface area (Å²) in [5.41, 5.74) is 2.53. The van der Waals surface area contributed by atoms with Crippen molar-refractivity contribution in [3.8, 4) is 21.4 Å². The summed E-state index contributed by atoms with van der Waals surface area (Å²) >= 11 is 20.6. The van der Waals surface area contributed by atoms with Gasteiger partial charge in [-0.25, -0.2) is 19.9 Å². The molecule has 4 aromatic rings. The van der Waals surface area contributed by atoms with Crippen molar-refractivity contribution >= 4 is 57.5 Å². The largest absolute Gasteiger partial charge is 0.381 e. The highest BCUT2D eigenvalue weighted by molar-refractivity contribution is 7.19. The maximum absolute atomic E-state index is 12.1. The topological polar surface area (TPSA) is 136 Å². The van der Waals surface area contributed by atoms with Crippen LogP contribution >= 0.6 is 57.5 Å². The van der Waals surface area contributed by atoms with E-state index in [-0.39, 0.29) is 28.0 Å². The van der Waals surface area contributed by atoms with Crippen molar-refractivity contribution in [2.45, 2.75) is 51.4 Å². The van der Waals surface area contributed by atoms with Crippen LogP contribution in [-0.4, -0.2) is 56.3 Å². The number of nitrogens with one attached hydrogen (secondary N) is 2. The molecule has 218 valence electrons. The minimum absolute atomic E-state index is 0.139. The third-order valence-corrected chi connectivity index (χ3v) is 9.77. The second-order valence-corrected chi connectivity index (χ2v) is 13.2. The Morgan fingerprint density at radius 1 is 0.756 bits per heavy atom. The molecule has 0 bridgehead atoms. The van der Waals surface area contributed by atoms with Crippen LogP contribution in [0.2, 0.25) is 14.0 Å². The van der Waals surface area contributed by atoms with Crippen LogP contribution in [0.1, 0.15) is 60.3 Å². The lowest BCUT2D eigenvalue weighted by Gasteiger charge is -2.22. The van der Waals surface area contributed by atoms with Gasteiger partial charge in [0.2, 0.25) is 0 Å². The summed E-state index contributed by atoms with van der Waals surface area (Å²) in [6.45, 7) is 6.46.